The van der Waals surface area contributed by atoms with Crippen LogP contribution >= 0.6 is 0 Å². The van der Waals surface area contributed by atoms with E-state index < -0.39 is 30.5 Å². The van der Waals surface area contributed by atoms with Gasteiger partial charge in [-0.15, -0.1) is 0 Å². The second-order valence-corrected chi connectivity index (χ2v) is 8.93. The van der Waals surface area contributed by atoms with Crippen molar-refractivity contribution < 1.29 is 21.6 Å². The highest BCUT2D eigenvalue weighted by Gasteiger charge is 2.38. The van der Waals surface area contributed by atoms with E-state index in [9.17, 15) is 21.6 Å². The normalized spacial score (nSPS) is 13.0. The largest absolute Gasteiger partial charge is 0.325 e. The molecule has 0 unspecified atom stereocenters. The molecule has 0 saturated heterocycles. The van der Waals surface area contributed by atoms with E-state index in [0.717, 1.165) is 6.26 Å². The van der Waals surface area contributed by atoms with E-state index in [1.807, 2.05) is 0 Å². The Morgan fingerprint density at radius 2 is 1.55 bits per heavy atom. The molecular weight excluding hydrogens is 304 g/mol. The molecule has 0 aliphatic carbocycles. The van der Waals surface area contributed by atoms with Gasteiger partial charge in [-0.1, -0.05) is 0 Å². The molecule has 1 rings (SSSR count). The van der Waals surface area contributed by atoms with Crippen molar-refractivity contribution in [2.24, 2.45) is 5.14 Å². The summed E-state index contributed by atoms with van der Waals surface area (Å²) in [5, 5.41) is 7.35. The Kier molecular flexibility index (Phi) is 4.28. The highest BCUT2D eigenvalue weighted by atomic mass is 32.2. The zero-order chi connectivity index (χ0) is 15.8. The van der Waals surface area contributed by atoms with Crippen LogP contribution in [0.3, 0.4) is 0 Å². The van der Waals surface area contributed by atoms with Gasteiger partial charge in [-0.2, -0.15) is 0 Å². The van der Waals surface area contributed by atoms with Gasteiger partial charge in [-0.25, -0.2) is 22.0 Å². The molecule has 20 heavy (non-hydrogen) atoms. The van der Waals surface area contributed by atoms with E-state index in [1.165, 1.54) is 38.1 Å². The Balaban J connectivity index is 2.99. The molecule has 1 aromatic rings. The monoisotopic (exact) mass is 320 g/mol. The van der Waals surface area contributed by atoms with E-state index in [-0.39, 0.29) is 10.6 Å². The van der Waals surface area contributed by atoms with Crippen LogP contribution in [0.25, 0.3) is 0 Å². The van der Waals surface area contributed by atoms with Gasteiger partial charge < -0.3 is 5.32 Å². The van der Waals surface area contributed by atoms with Crippen molar-refractivity contribution >= 4 is 31.5 Å². The molecule has 0 radical (unpaired) electrons. The molecule has 0 fully saturated rings. The quantitative estimate of drug-likeness (QED) is 0.814. The van der Waals surface area contributed by atoms with Crippen molar-refractivity contribution in [3.8, 4) is 0 Å². The minimum atomic E-state index is -3.81. The minimum Gasteiger partial charge on any atom is -0.325 e. The topological polar surface area (TPSA) is 123 Å². The lowest BCUT2D eigenvalue weighted by atomic mass is 10.2. The molecule has 1 amide bonds. The summed E-state index contributed by atoms with van der Waals surface area (Å²) in [7, 11) is -7.39. The number of primary sulfonamides is 1. The molecule has 7 nitrogen and oxygen atoms in total. The van der Waals surface area contributed by atoms with Gasteiger partial charge in [0.2, 0.25) is 15.9 Å². The maximum absolute atomic E-state index is 11.9. The number of sulfone groups is 1. The molecule has 0 aliphatic rings. The first-order chi connectivity index (χ1) is 8.85. The number of carbonyl (C=O) groups is 1. The first kappa shape index (κ1) is 16.6. The fraction of sp³-hybridized carbons (Fsp3) is 0.364. The van der Waals surface area contributed by atoms with Crippen molar-refractivity contribution in [3.05, 3.63) is 24.3 Å². The van der Waals surface area contributed by atoms with Crippen LogP contribution in [0.4, 0.5) is 5.69 Å². The summed E-state index contributed by atoms with van der Waals surface area (Å²) in [5.41, 5.74) is 0.277. The minimum absolute atomic E-state index is 0.0992. The highest BCUT2D eigenvalue weighted by Crippen LogP contribution is 2.19. The Morgan fingerprint density at radius 3 is 1.90 bits per heavy atom. The standard InChI is InChI=1S/C11H16N2O5S2/c1-11(2,19(3,15)16)10(14)13-8-4-6-9(7-5-8)20(12,17)18/h4-7H,1-3H3,(H,13,14)(H2,12,17,18). The van der Waals surface area contributed by atoms with Crippen molar-refractivity contribution in [2.45, 2.75) is 23.5 Å². The Hall–Kier alpha value is -1.45. The molecule has 0 saturated carbocycles. The summed E-state index contributed by atoms with van der Waals surface area (Å²) < 4.78 is 43.6. The van der Waals surface area contributed by atoms with Gasteiger partial charge in [0.05, 0.1) is 4.90 Å². The van der Waals surface area contributed by atoms with E-state index >= 15 is 0 Å². The smallest absolute Gasteiger partial charge is 0.245 e. The van der Waals surface area contributed by atoms with Crippen LogP contribution in [0.15, 0.2) is 29.2 Å². The van der Waals surface area contributed by atoms with Gasteiger partial charge in [0.25, 0.3) is 0 Å². The summed E-state index contributed by atoms with van der Waals surface area (Å²) in [6.45, 7) is 2.58. The van der Waals surface area contributed by atoms with Crippen LogP contribution in [-0.4, -0.2) is 33.7 Å². The third kappa shape index (κ3) is 3.56. The molecular formula is C11H16N2O5S2. The van der Waals surface area contributed by atoms with E-state index in [4.69, 9.17) is 5.14 Å². The number of nitrogens with two attached hydrogens (primary N) is 1. The Labute approximate surface area is 118 Å². The van der Waals surface area contributed by atoms with Gasteiger partial charge in [0.1, 0.15) is 4.75 Å². The average Bonchev–Trinajstić information content (AvgIpc) is 2.26. The molecule has 0 aliphatic heterocycles. The number of nitrogens with one attached hydrogen (secondary N) is 1. The zero-order valence-electron chi connectivity index (χ0n) is 11.2. The molecule has 0 aromatic heterocycles. The summed E-state index contributed by atoms with van der Waals surface area (Å²) >= 11 is 0. The summed E-state index contributed by atoms with van der Waals surface area (Å²) in [5.74, 6) is -0.705. The lowest BCUT2D eigenvalue weighted by Gasteiger charge is -2.21. The SMILES string of the molecule is CC(C)(C(=O)Nc1ccc(S(N)(=O)=O)cc1)S(C)(=O)=O. The number of amides is 1. The van der Waals surface area contributed by atoms with E-state index in [0.29, 0.717) is 0 Å². The lowest BCUT2D eigenvalue weighted by molar-refractivity contribution is -0.117. The van der Waals surface area contributed by atoms with Crippen LogP contribution in [0.5, 0.6) is 0 Å². The number of sulfonamides is 1. The summed E-state index contributed by atoms with van der Waals surface area (Å²) in [4.78, 5) is 11.8. The fourth-order valence-corrected chi connectivity index (χ4v) is 2.08. The molecule has 112 valence electrons. The van der Waals surface area contributed by atoms with Gasteiger partial charge in [0.15, 0.2) is 9.84 Å². The van der Waals surface area contributed by atoms with Crippen molar-refractivity contribution in [1.82, 2.24) is 0 Å². The van der Waals surface area contributed by atoms with Crippen LogP contribution in [0, 0.1) is 0 Å². The molecule has 3 N–H and O–H groups in total. The van der Waals surface area contributed by atoms with Gasteiger partial charge in [0, 0.05) is 11.9 Å². The van der Waals surface area contributed by atoms with E-state index in [2.05, 4.69) is 5.32 Å². The van der Waals surface area contributed by atoms with Crippen molar-refractivity contribution in [1.29, 1.82) is 0 Å². The van der Waals surface area contributed by atoms with Crippen LogP contribution in [-0.2, 0) is 24.7 Å². The predicted octanol–water partition coefficient (Wildman–Crippen LogP) is 0.0957. The number of benzene rings is 1. The van der Waals surface area contributed by atoms with Crippen LogP contribution < -0.4 is 10.5 Å². The van der Waals surface area contributed by atoms with Gasteiger partial charge >= 0.3 is 0 Å². The van der Waals surface area contributed by atoms with Crippen molar-refractivity contribution in [3.63, 3.8) is 0 Å². The fourth-order valence-electron chi connectivity index (χ4n) is 1.18. The van der Waals surface area contributed by atoms with Crippen LogP contribution in [0.1, 0.15) is 13.8 Å². The third-order valence-corrected chi connectivity index (χ3v) is 5.88. The number of hydrogen-bond acceptors (Lipinski definition) is 5. The maximum Gasteiger partial charge on any atom is 0.245 e. The molecule has 0 bridgehead atoms. The molecule has 9 heteroatoms. The van der Waals surface area contributed by atoms with Gasteiger partial charge in [-0.3, -0.25) is 4.79 Å². The first-order valence-corrected chi connectivity index (χ1v) is 8.93. The lowest BCUT2D eigenvalue weighted by Crippen LogP contribution is -2.43. The molecule has 0 spiro atoms. The summed E-state index contributed by atoms with van der Waals surface area (Å²) in [6, 6.07) is 5.10. The number of rotatable bonds is 4. The van der Waals surface area contributed by atoms with Gasteiger partial charge in [-0.05, 0) is 38.1 Å². The second kappa shape index (κ2) is 5.15. The first-order valence-electron chi connectivity index (χ1n) is 5.49. The maximum atomic E-state index is 11.9. The predicted molar refractivity (Wildman–Crippen MR) is 75.4 cm³/mol. The molecule has 0 heterocycles. The summed E-state index contributed by atoms with van der Waals surface area (Å²) in [6.07, 6.45) is 0.969. The number of anilines is 1. The molecule has 0 atom stereocenters. The van der Waals surface area contributed by atoms with Crippen molar-refractivity contribution in [2.75, 3.05) is 11.6 Å². The highest BCUT2D eigenvalue weighted by molar-refractivity contribution is 7.92. The number of carbonyl (C=O) groups excluding carboxylic acids is 1. The zero-order valence-corrected chi connectivity index (χ0v) is 12.9. The third-order valence-electron chi connectivity index (χ3n) is 2.91. The second-order valence-electron chi connectivity index (χ2n) is 4.81. The number of hydrogen-bond donors (Lipinski definition) is 2. The average molecular weight is 320 g/mol. The molecule has 1 aromatic carbocycles. The van der Waals surface area contributed by atoms with Crippen LogP contribution in [0.2, 0.25) is 0 Å². The Morgan fingerprint density at radius 1 is 1.10 bits per heavy atom. The van der Waals surface area contributed by atoms with E-state index in [1.54, 1.807) is 0 Å². The Bertz CT molecular complexity index is 719.